The molecule has 11 heavy (non-hydrogen) atoms. The fourth-order valence-corrected chi connectivity index (χ4v) is 2.58. The first-order valence-electron chi connectivity index (χ1n) is 4.79. The quantitative estimate of drug-likeness (QED) is 0.549. The smallest absolute Gasteiger partial charge is 0.108 e. The summed E-state index contributed by atoms with van der Waals surface area (Å²) in [5, 5.41) is 12.7. The molecule has 1 saturated carbocycles. The number of hydrogen-bond acceptors (Lipinski definition) is 2. The highest BCUT2D eigenvalue weighted by atomic mass is 16.3. The summed E-state index contributed by atoms with van der Waals surface area (Å²) in [5.74, 6) is 1.39. The summed E-state index contributed by atoms with van der Waals surface area (Å²) in [5.41, 5.74) is 0. The van der Waals surface area contributed by atoms with Crippen LogP contribution in [0.3, 0.4) is 0 Å². The maximum absolute atomic E-state index is 9.59. The third-order valence-electron chi connectivity index (χ3n) is 3.24. The molecule has 2 N–H and O–H groups in total. The SMILES string of the molecule is OC1NCCC2CCCCC21. The van der Waals surface area contributed by atoms with Gasteiger partial charge in [0.05, 0.1) is 0 Å². The lowest BCUT2D eigenvalue weighted by Gasteiger charge is -2.39. The van der Waals surface area contributed by atoms with Crippen LogP contribution in [0.25, 0.3) is 0 Å². The van der Waals surface area contributed by atoms with Gasteiger partial charge in [-0.3, -0.25) is 5.32 Å². The molecule has 1 aliphatic carbocycles. The summed E-state index contributed by atoms with van der Waals surface area (Å²) >= 11 is 0. The molecule has 0 aromatic carbocycles. The molecule has 2 rings (SSSR count). The summed E-state index contributed by atoms with van der Waals surface area (Å²) in [6.07, 6.45) is 6.37. The van der Waals surface area contributed by atoms with Crippen molar-refractivity contribution < 1.29 is 5.11 Å². The molecule has 2 fully saturated rings. The van der Waals surface area contributed by atoms with Crippen molar-refractivity contribution in [3.63, 3.8) is 0 Å². The molecule has 0 bridgehead atoms. The fraction of sp³-hybridized carbons (Fsp3) is 1.00. The molecular weight excluding hydrogens is 138 g/mol. The molecule has 1 aliphatic heterocycles. The van der Waals surface area contributed by atoms with Crippen LogP contribution in [0, 0.1) is 11.8 Å². The molecule has 1 heterocycles. The van der Waals surface area contributed by atoms with E-state index in [1.165, 1.54) is 32.1 Å². The van der Waals surface area contributed by atoms with E-state index in [0.717, 1.165) is 12.5 Å². The van der Waals surface area contributed by atoms with Gasteiger partial charge in [-0.2, -0.15) is 0 Å². The average Bonchev–Trinajstić information content (AvgIpc) is 2.06. The van der Waals surface area contributed by atoms with E-state index in [1.54, 1.807) is 0 Å². The molecule has 2 heteroatoms. The number of piperidine rings is 1. The fourth-order valence-electron chi connectivity index (χ4n) is 2.58. The Morgan fingerprint density at radius 1 is 1.09 bits per heavy atom. The first-order valence-corrected chi connectivity index (χ1v) is 4.79. The second-order valence-corrected chi connectivity index (χ2v) is 3.90. The van der Waals surface area contributed by atoms with Crippen molar-refractivity contribution in [2.45, 2.75) is 38.3 Å². The lowest BCUT2D eigenvalue weighted by Crippen LogP contribution is -2.46. The molecule has 3 unspecified atom stereocenters. The van der Waals surface area contributed by atoms with Gasteiger partial charge in [-0.25, -0.2) is 0 Å². The normalized spacial score (nSPS) is 45.0. The van der Waals surface area contributed by atoms with E-state index >= 15 is 0 Å². The highest BCUT2D eigenvalue weighted by Crippen LogP contribution is 2.35. The second-order valence-electron chi connectivity index (χ2n) is 3.90. The number of rotatable bonds is 0. The Balaban J connectivity index is 1.99. The molecule has 0 aromatic heterocycles. The zero-order valence-corrected chi connectivity index (χ0v) is 6.92. The van der Waals surface area contributed by atoms with Crippen molar-refractivity contribution >= 4 is 0 Å². The van der Waals surface area contributed by atoms with E-state index in [1.807, 2.05) is 0 Å². The lowest BCUT2D eigenvalue weighted by molar-refractivity contribution is -0.00485. The van der Waals surface area contributed by atoms with Gasteiger partial charge in [0.1, 0.15) is 6.23 Å². The number of aliphatic hydroxyl groups excluding tert-OH is 1. The Kier molecular flexibility index (Phi) is 2.14. The van der Waals surface area contributed by atoms with Gasteiger partial charge in [-0.05, 0) is 31.7 Å². The van der Waals surface area contributed by atoms with E-state index in [4.69, 9.17) is 0 Å². The van der Waals surface area contributed by atoms with Crippen molar-refractivity contribution in [2.24, 2.45) is 11.8 Å². The summed E-state index contributed by atoms with van der Waals surface area (Å²) in [7, 11) is 0. The second kappa shape index (κ2) is 3.11. The van der Waals surface area contributed by atoms with Crippen LogP contribution >= 0.6 is 0 Å². The number of aliphatic hydroxyl groups is 1. The van der Waals surface area contributed by atoms with Gasteiger partial charge in [0.25, 0.3) is 0 Å². The van der Waals surface area contributed by atoms with E-state index < -0.39 is 0 Å². The number of fused-ring (bicyclic) bond motifs is 1. The van der Waals surface area contributed by atoms with Crippen molar-refractivity contribution in [3.8, 4) is 0 Å². The van der Waals surface area contributed by atoms with Gasteiger partial charge in [0.15, 0.2) is 0 Å². The first kappa shape index (κ1) is 7.56. The van der Waals surface area contributed by atoms with E-state index in [2.05, 4.69) is 5.32 Å². The van der Waals surface area contributed by atoms with Crippen molar-refractivity contribution in [1.82, 2.24) is 5.32 Å². The molecule has 3 atom stereocenters. The Hall–Kier alpha value is -0.0800. The Morgan fingerprint density at radius 3 is 2.73 bits per heavy atom. The molecule has 2 aliphatic rings. The van der Waals surface area contributed by atoms with Crippen LogP contribution in [0.5, 0.6) is 0 Å². The van der Waals surface area contributed by atoms with Gasteiger partial charge in [-0.1, -0.05) is 12.8 Å². The molecule has 64 valence electrons. The molecule has 1 saturated heterocycles. The maximum atomic E-state index is 9.59. The van der Waals surface area contributed by atoms with Crippen LogP contribution < -0.4 is 5.32 Å². The molecule has 0 radical (unpaired) electrons. The lowest BCUT2D eigenvalue weighted by atomic mass is 9.75. The standard InChI is InChI=1S/C9H17NO/c11-9-8-4-2-1-3-7(8)5-6-10-9/h7-11H,1-6H2. The van der Waals surface area contributed by atoms with E-state index in [9.17, 15) is 5.11 Å². The van der Waals surface area contributed by atoms with Crippen LogP contribution in [0.15, 0.2) is 0 Å². The van der Waals surface area contributed by atoms with Gasteiger partial charge >= 0.3 is 0 Å². The highest BCUT2D eigenvalue weighted by Gasteiger charge is 2.33. The third-order valence-corrected chi connectivity index (χ3v) is 3.24. The minimum atomic E-state index is -0.200. The zero-order chi connectivity index (χ0) is 7.68. The Labute approximate surface area is 68.0 Å². The minimum absolute atomic E-state index is 0.200. The number of nitrogens with one attached hydrogen (secondary N) is 1. The van der Waals surface area contributed by atoms with E-state index in [-0.39, 0.29) is 6.23 Å². The Morgan fingerprint density at radius 2 is 1.91 bits per heavy atom. The van der Waals surface area contributed by atoms with Gasteiger partial charge in [-0.15, -0.1) is 0 Å². The Bertz CT molecular complexity index is 136. The first-order chi connectivity index (χ1) is 5.38. The van der Waals surface area contributed by atoms with Gasteiger partial charge in [0.2, 0.25) is 0 Å². The molecular formula is C9H17NO. The van der Waals surface area contributed by atoms with E-state index in [0.29, 0.717) is 5.92 Å². The molecule has 0 amide bonds. The average molecular weight is 155 g/mol. The monoisotopic (exact) mass is 155 g/mol. The predicted molar refractivity (Wildman–Crippen MR) is 44.1 cm³/mol. The van der Waals surface area contributed by atoms with Crippen molar-refractivity contribution in [1.29, 1.82) is 0 Å². The van der Waals surface area contributed by atoms with Crippen LogP contribution in [-0.4, -0.2) is 17.9 Å². The molecule has 2 nitrogen and oxygen atoms in total. The molecule has 0 spiro atoms. The van der Waals surface area contributed by atoms with Gasteiger partial charge in [0, 0.05) is 5.92 Å². The summed E-state index contributed by atoms with van der Waals surface area (Å²) in [6, 6.07) is 0. The zero-order valence-electron chi connectivity index (χ0n) is 6.92. The predicted octanol–water partition coefficient (Wildman–Crippen LogP) is 1.10. The largest absolute Gasteiger partial charge is 0.378 e. The van der Waals surface area contributed by atoms with Crippen molar-refractivity contribution in [3.05, 3.63) is 0 Å². The summed E-state index contributed by atoms with van der Waals surface area (Å²) in [4.78, 5) is 0. The third kappa shape index (κ3) is 1.42. The summed E-state index contributed by atoms with van der Waals surface area (Å²) < 4.78 is 0. The maximum Gasteiger partial charge on any atom is 0.108 e. The van der Waals surface area contributed by atoms with Crippen LogP contribution in [0.4, 0.5) is 0 Å². The van der Waals surface area contributed by atoms with Crippen molar-refractivity contribution in [2.75, 3.05) is 6.54 Å². The summed E-state index contributed by atoms with van der Waals surface area (Å²) in [6.45, 7) is 1.02. The van der Waals surface area contributed by atoms with Crippen LogP contribution in [0.1, 0.15) is 32.1 Å². The molecule has 0 aromatic rings. The van der Waals surface area contributed by atoms with Crippen LogP contribution in [0.2, 0.25) is 0 Å². The minimum Gasteiger partial charge on any atom is -0.378 e. The number of hydrogen-bond donors (Lipinski definition) is 2. The van der Waals surface area contributed by atoms with Crippen LogP contribution in [-0.2, 0) is 0 Å². The van der Waals surface area contributed by atoms with Gasteiger partial charge < -0.3 is 5.11 Å². The topological polar surface area (TPSA) is 32.3 Å². The highest BCUT2D eigenvalue weighted by molar-refractivity contribution is 4.83.